The van der Waals surface area contributed by atoms with E-state index in [9.17, 15) is 14.0 Å². The summed E-state index contributed by atoms with van der Waals surface area (Å²) >= 11 is 0. The second-order valence-electron chi connectivity index (χ2n) is 8.05. The summed E-state index contributed by atoms with van der Waals surface area (Å²) in [6, 6.07) is 22.4. The third-order valence-electron chi connectivity index (χ3n) is 5.77. The number of ether oxygens (including phenoxy) is 1. The van der Waals surface area contributed by atoms with Crippen LogP contribution >= 0.6 is 0 Å². The molecule has 2 heterocycles. The molecule has 3 aromatic carbocycles. The average molecular weight is 443 g/mol. The van der Waals surface area contributed by atoms with E-state index in [1.54, 1.807) is 17.0 Å². The Balaban J connectivity index is 1.31. The zero-order valence-corrected chi connectivity index (χ0v) is 17.8. The van der Waals surface area contributed by atoms with Crippen molar-refractivity contribution in [3.05, 3.63) is 113 Å². The summed E-state index contributed by atoms with van der Waals surface area (Å²) < 4.78 is 19.1. The van der Waals surface area contributed by atoms with Crippen molar-refractivity contribution in [1.82, 2.24) is 15.5 Å². The molecule has 3 aromatic rings. The lowest BCUT2D eigenvalue weighted by molar-refractivity contribution is -0.126. The van der Waals surface area contributed by atoms with E-state index in [-0.39, 0.29) is 17.8 Å². The summed E-state index contributed by atoms with van der Waals surface area (Å²) in [5.74, 6) is 0.223. The van der Waals surface area contributed by atoms with Crippen molar-refractivity contribution in [3.8, 4) is 5.75 Å². The van der Waals surface area contributed by atoms with Crippen LogP contribution in [0.5, 0.6) is 5.75 Å². The SMILES string of the molecule is O=C1NC2=C(C(=O)N(Cc3ccc(F)cc3)C2)[C@H](c2ccc(OCc3ccccc3)cc2)N1. The number of nitrogens with one attached hydrogen (secondary N) is 2. The van der Waals surface area contributed by atoms with Gasteiger partial charge in [-0.2, -0.15) is 0 Å². The van der Waals surface area contributed by atoms with Gasteiger partial charge in [-0.25, -0.2) is 9.18 Å². The third kappa shape index (κ3) is 4.43. The van der Waals surface area contributed by atoms with Crippen LogP contribution in [0.4, 0.5) is 9.18 Å². The molecule has 0 spiro atoms. The standard InChI is InChI=1S/C26H22FN3O3/c27-20-10-6-17(7-11-20)14-30-15-22-23(25(30)31)24(29-26(32)28-22)19-8-12-21(13-9-19)33-16-18-4-2-1-3-5-18/h1-13,24H,14-16H2,(H2,28,29,32)/t24-/m0/s1. The van der Waals surface area contributed by atoms with E-state index in [1.165, 1.54) is 12.1 Å². The minimum Gasteiger partial charge on any atom is -0.489 e. The van der Waals surface area contributed by atoms with Gasteiger partial charge < -0.3 is 20.3 Å². The van der Waals surface area contributed by atoms with Crippen molar-refractivity contribution in [1.29, 1.82) is 0 Å². The molecule has 0 saturated carbocycles. The van der Waals surface area contributed by atoms with E-state index >= 15 is 0 Å². The molecule has 0 bridgehead atoms. The van der Waals surface area contributed by atoms with Gasteiger partial charge in [0.25, 0.3) is 5.91 Å². The maximum absolute atomic E-state index is 13.2. The summed E-state index contributed by atoms with van der Waals surface area (Å²) in [6.07, 6.45) is 0. The van der Waals surface area contributed by atoms with Crippen LogP contribution in [0.2, 0.25) is 0 Å². The quantitative estimate of drug-likeness (QED) is 0.604. The first-order valence-electron chi connectivity index (χ1n) is 10.7. The van der Waals surface area contributed by atoms with Gasteiger partial charge in [0.15, 0.2) is 0 Å². The number of carbonyl (C=O) groups is 2. The Hall–Kier alpha value is -4.13. The zero-order valence-electron chi connectivity index (χ0n) is 17.8. The number of hydrogen-bond acceptors (Lipinski definition) is 3. The van der Waals surface area contributed by atoms with Crippen LogP contribution in [0.1, 0.15) is 22.7 Å². The number of amides is 3. The Kier molecular flexibility index (Phi) is 5.52. The molecule has 0 aromatic heterocycles. The monoisotopic (exact) mass is 443 g/mol. The first kappa shape index (κ1) is 20.8. The van der Waals surface area contributed by atoms with E-state index < -0.39 is 6.04 Å². The Morgan fingerprint density at radius 2 is 1.64 bits per heavy atom. The Morgan fingerprint density at radius 1 is 0.909 bits per heavy atom. The number of benzene rings is 3. The minimum atomic E-state index is -0.553. The van der Waals surface area contributed by atoms with Crippen LogP contribution < -0.4 is 15.4 Å². The van der Waals surface area contributed by atoms with Gasteiger partial charge in [-0.15, -0.1) is 0 Å². The molecular formula is C26H22FN3O3. The molecule has 2 N–H and O–H groups in total. The molecule has 7 heteroatoms. The second kappa shape index (κ2) is 8.78. The van der Waals surface area contributed by atoms with E-state index in [4.69, 9.17) is 4.74 Å². The van der Waals surface area contributed by atoms with Crippen LogP contribution in [0.15, 0.2) is 90.1 Å². The van der Waals surface area contributed by atoms with Gasteiger partial charge in [0, 0.05) is 6.54 Å². The fourth-order valence-corrected chi connectivity index (χ4v) is 4.11. The molecular weight excluding hydrogens is 421 g/mol. The van der Waals surface area contributed by atoms with Crippen LogP contribution in [0.3, 0.4) is 0 Å². The lowest BCUT2D eigenvalue weighted by Gasteiger charge is -2.25. The topological polar surface area (TPSA) is 70.7 Å². The highest BCUT2D eigenvalue weighted by Gasteiger charge is 2.40. The highest BCUT2D eigenvalue weighted by molar-refractivity contribution is 6.01. The lowest BCUT2D eigenvalue weighted by atomic mass is 9.96. The number of urea groups is 1. The summed E-state index contributed by atoms with van der Waals surface area (Å²) in [5.41, 5.74) is 3.80. The van der Waals surface area contributed by atoms with Crippen molar-refractivity contribution in [2.24, 2.45) is 0 Å². The smallest absolute Gasteiger partial charge is 0.319 e. The van der Waals surface area contributed by atoms with Gasteiger partial charge in [-0.1, -0.05) is 54.6 Å². The predicted molar refractivity (Wildman–Crippen MR) is 120 cm³/mol. The third-order valence-corrected chi connectivity index (χ3v) is 5.77. The second-order valence-corrected chi connectivity index (χ2v) is 8.05. The van der Waals surface area contributed by atoms with E-state index in [2.05, 4.69) is 10.6 Å². The Morgan fingerprint density at radius 3 is 2.36 bits per heavy atom. The molecule has 6 nitrogen and oxygen atoms in total. The van der Waals surface area contributed by atoms with Crippen molar-refractivity contribution >= 4 is 11.9 Å². The van der Waals surface area contributed by atoms with Gasteiger partial charge in [-0.05, 0) is 41.0 Å². The van der Waals surface area contributed by atoms with Crippen molar-refractivity contribution in [3.63, 3.8) is 0 Å². The van der Waals surface area contributed by atoms with Crippen LogP contribution in [0, 0.1) is 5.82 Å². The van der Waals surface area contributed by atoms with Crippen LogP contribution in [-0.4, -0.2) is 23.4 Å². The molecule has 0 aliphatic carbocycles. The first-order chi connectivity index (χ1) is 16.1. The molecule has 0 unspecified atom stereocenters. The number of hydrogen-bond donors (Lipinski definition) is 2. The largest absolute Gasteiger partial charge is 0.489 e. The molecule has 2 aliphatic rings. The highest BCUT2D eigenvalue weighted by atomic mass is 19.1. The fourth-order valence-electron chi connectivity index (χ4n) is 4.11. The average Bonchev–Trinajstić information content (AvgIpc) is 3.14. The van der Waals surface area contributed by atoms with Crippen molar-refractivity contribution in [2.75, 3.05) is 6.54 Å². The molecule has 33 heavy (non-hydrogen) atoms. The number of halogens is 1. The molecule has 166 valence electrons. The molecule has 5 rings (SSSR count). The van der Waals surface area contributed by atoms with Gasteiger partial charge in [0.05, 0.1) is 23.9 Å². The van der Waals surface area contributed by atoms with Gasteiger partial charge >= 0.3 is 6.03 Å². The molecule has 0 radical (unpaired) electrons. The minimum absolute atomic E-state index is 0.156. The fraction of sp³-hybridized carbons (Fsp3) is 0.154. The lowest BCUT2D eigenvalue weighted by Crippen LogP contribution is -2.44. The van der Waals surface area contributed by atoms with Crippen LogP contribution in [0.25, 0.3) is 0 Å². The molecule has 0 fully saturated rings. The summed E-state index contributed by atoms with van der Waals surface area (Å²) in [5, 5.41) is 5.62. The molecule has 3 amide bonds. The summed E-state index contributed by atoms with van der Waals surface area (Å²) in [7, 11) is 0. The highest BCUT2D eigenvalue weighted by Crippen LogP contribution is 2.33. The molecule has 1 atom stereocenters. The number of rotatable bonds is 6. The summed E-state index contributed by atoms with van der Waals surface area (Å²) in [4.78, 5) is 27.1. The number of carbonyl (C=O) groups excluding carboxylic acids is 2. The maximum atomic E-state index is 13.2. The number of nitrogens with zero attached hydrogens (tertiary/aromatic N) is 1. The van der Waals surface area contributed by atoms with E-state index in [1.807, 2.05) is 54.6 Å². The Labute approximate surface area is 190 Å². The van der Waals surface area contributed by atoms with E-state index in [0.717, 1.165) is 16.7 Å². The van der Waals surface area contributed by atoms with Crippen molar-refractivity contribution < 1.29 is 18.7 Å². The van der Waals surface area contributed by atoms with Gasteiger partial charge in [0.1, 0.15) is 18.2 Å². The van der Waals surface area contributed by atoms with Gasteiger partial charge in [0.2, 0.25) is 0 Å². The zero-order chi connectivity index (χ0) is 22.8. The normalized spacial score (nSPS) is 17.5. The summed E-state index contributed by atoms with van der Waals surface area (Å²) in [6.45, 7) is 1.09. The predicted octanol–water partition coefficient (Wildman–Crippen LogP) is 4.06. The van der Waals surface area contributed by atoms with Gasteiger partial charge in [-0.3, -0.25) is 4.79 Å². The van der Waals surface area contributed by atoms with E-state index in [0.29, 0.717) is 36.7 Å². The molecule has 2 aliphatic heterocycles. The van der Waals surface area contributed by atoms with Crippen LogP contribution in [-0.2, 0) is 17.9 Å². The maximum Gasteiger partial charge on any atom is 0.319 e. The van der Waals surface area contributed by atoms with Crippen molar-refractivity contribution in [2.45, 2.75) is 19.2 Å². The Bertz CT molecular complexity index is 1210. The molecule has 0 saturated heterocycles. The first-order valence-corrected chi connectivity index (χ1v) is 10.7.